The van der Waals surface area contributed by atoms with Gasteiger partial charge in [0.05, 0.1) is 6.61 Å². The first-order valence-electron chi connectivity index (χ1n) is 6.47. The first kappa shape index (κ1) is 20.6. The zero-order valence-electron chi connectivity index (χ0n) is 12.1. The van der Waals surface area contributed by atoms with Crippen LogP contribution in [0.2, 0.25) is 0 Å². The van der Waals surface area contributed by atoms with Crippen LogP contribution in [0.4, 0.5) is 0 Å². The molecule has 0 saturated carbocycles. The highest BCUT2D eigenvalue weighted by atomic mass is 32.5. The molecule has 25 heavy (non-hydrogen) atoms. The van der Waals surface area contributed by atoms with E-state index in [-0.39, 0.29) is 0 Å². The summed E-state index contributed by atoms with van der Waals surface area (Å²) in [5, 5.41) is 19.9. The van der Waals surface area contributed by atoms with Gasteiger partial charge in [-0.05, 0) is 11.8 Å². The van der Waals surface area contributed by atoms with E-state index in [9.17, 15) is 29.3 Å². The molecule has 16 heteroatoms. The Labute approximate surface area is 143 Å². The average molecular weight is 420 g/mol. The number of H-pyrrole nitrogens is 1. The Morgan fingerprint density at radius 1 is 1.28 bits per heavy atom. The lowest BCUT2D eigenvalue weighted by Gasteiger charge is -2.18. The first-order chi connectivity index (χ1) is 11.4. The van der Waals surface area contributed by atoms with Gasteiger partial charge in [-0.15, -0.1) is 0 Å². The lowest BCUT2D eigenvalue weighted by atomic mass is 10.1. The second-order valence-electron chi connectivity index (χ2n) is 4.90. The van der Waals surface area contributed by atoms with Crippen LogP contribution in [-0.2, 0) is 29.9 Å². The zero-order valence-corrected chi connectivity index (χ0v) is 14.7. The molecule has 1 unspecified atom stereocenters. The van der Waals surface area contributed by atoms with E-state index in [1.54, 1.807) is 0 Å². The molecule has 5 atom stereocenters. The van der Waals surface area contributed by atoms with Crippen molar-refractivity contribution in [1.29, 1.82) is 0 Å². The Morgan fingerprint density at radius 2 is 1.92 bits per heavy atom. The van der Waals surface area contributed by atoms with Gasteiger partial charge in [0.1, 0.15) is 18.3 Å². The summed E-state index contributed by atoms with van der Waals surface area (Å²) in [5.74, 6) is 0. The lowest BCUT2D eigenvalue weighted by molar-refractivity contribution is -0.0541. The highest BCUT2D eigenvalue weighted by molar-refractivity contribution is 8.08. The topological polar surface area (TPSA) is 201 Å². The van der Waals surface area contributed by atoms with Crippen molar-refractivity contribution in [3.05, 3.63) is 33.1 Å². The third-order valence-corrected chi connectivity index (χ3v) is 5.83. The molecule has 13 nitrogen and oxygen atoms in total. The van der Waals surface area contributed by atoms with Crippen molar-refractivity contribution < 1.29 is 43.0 Å². The van der Waals surface area contributed by atoms with E-state index in [0.717, 1.165) is 16.8 Å². The second kappa shape index (κ2) is 7.47. The van der Waals surface area contributed by atoms with Crippen molar-refractivity contribution >= 4 is 26.3 Å². The number of aliphatic hydroxyl groups excluding tert-OH is 2. The molecule has 0 aliphatic carbocycles. The van der Waals surface area contributed by atoms with Crippen LogP contribution in [-0.4, -0.2) is 59.4 Å². The minimum absolute atomic E-state index is 0.684. The lowest BCUT2D eigenvalue weighted by Crippen LogP contribution is -2.37. The molecule has 0 aromatic carbocycles. The van der Waals surface area contributed by atoms with Gasteiger partial charge in [0, 0.05) is 12.3 Å². The second-order valence-corrected chi connectivity index (χ2v) is 9.16. The number of aliphatic hydroxyl groups is 2. The number of hydrogen-bond acceptors (Lipinski definition) is 9. The van der Waals surface area contributed by atoms with E-state index < -0.39 is 56.9 Å². The smallest absolute Gasteiger partial charge is 0.387 e. The van der Waals surface area contributed by atoms with Crippen LogP contribution in [0.1, 0.15) is 6.23 Å². The van der Waals surface area contributed by atoms with Gasteiger partial charge in [-0.1, -0.05) is 0 Å². The Hall–Kier alpha value is -0.760. The largest absolute Gasteiger partial charge is 0.479 e. The van der Waals surface area contributed by atoms with Crippen molar-refractivity contribution in [2.24, 2.45) is 0 Å². The van der Waals surface area contributed by atoms with Gasteiger partial charge >= 0.3 is 20.2 Å². The normalized spacial score (nSPS) is 29.5. The van der Waals surface area contributed by atoms with Crippen LogP contribution in [0.5, 0.6) is 0 Å². The Balaban J connectivity index is 2.09. The van der Waals surface area contributed by atoms with Crippen molar-refractivity contribution in [3.8, 4) is 0 Å². The fraction of sp³-hybridized carbons (Fsp3) is 0.556. The average Bonchev–Trinajstić information content (AvgIpc) is 2.71. The fourth-order valence-electron chi connectivity index (χ4n) is 2.05. The maximum Gasteiger partial charge on any atom is 0.479 e. The number of phosphoric acid groups is 1. The van der Waals surface area contributed by atoms with E-state index in [1.807, 2.05) is 4.98 Å². The molecule has 1 aliphatic rings. The summed E-state index contributed by atoms with van der Waals surface area (Å²) < 4.78 is 25.8. The third-order valence-electron chi connectivity index (χ3n) is 3.07. The maximum absolute atomic E-state index is 11.7. The minimum Gasteiger partial charge on any atom is -0.387 e. The van der Waals surface area contributed by atoms with Crippen molar-refractivity contribution in [2.75, 3.05) is 6.61 Å². The molecule has 0 spiro atoms. The maximum atomic E-state index is 11.7. The summed E-state index contributed by atoms with van der Waals surface area (Å²) in [5.41, 5.74) is -1.60. The van der Waals surface area contributed by atoms with Gasteiger partial charge in [-0.2, -0.15) is 0 Å². The molecule has 1 aliphatic heterocycles. The molecule has 0 bridgehead atoms. The van der Waals surface area contributed by atoms with Crippen molar-refractivity contribution in [3.63, 3.8) is 0 Å². The molecule has 6 N–H and O–H groups in total. The van der Waals surface area contributed by atoms with Gasteiger partial charge in [-0.3, -0.25) is 18.9 Å². The number of phosphoric ester groups is 1. The molecule has 0 amide bonds. The zero-order chi connectivity index (χ0) is 19.0. The van der Waals surface area contributed by atoms with Crippen LogP contribution in [0.15, 0.2) is 21.9 Å². The quantitative estimate of drug-likeness (QED) is 0.265. The number of ether oxygens (including phenoxy) is 1. The standard InChI is InChI=1S/C9H14N2O11P2S/c12-5-1-2-11(9(15)10-5)8-7(14)6(13)4(21-8)3-20-23(16,17)22-24(18,19)25/h1-2,4,6-8,13-14H,3H2,(H,16,17)(H,10,12,15)(H2,18,19,25)/t4-,6-,7-,8-/m1/s1. The van der Waals surface area contributed by atoms with Crippen LogP contribution in [0.25, 0.3) is 0 Å². The predicted molar refractivity (Wildman–Crippen MR) is 82.8 cm³/mol. The molecule has 0 radical (unpaired) electrons. The van der Waals surface area contributed by atoms with Crippen LogP contribution in [0, 0.1) is 0 Å². The monoisotopic (exact) mass is 420 g/mol. The van der Waals surface area contributed by atoms with Gasteiger partial charge in [0.15, 0.2) is 6.23 Å². The first-order valence-corrected chi connectivity index (χ1v) is 10.6. The molecule has 142 valence electrons. The number of nitrogens with one attached hydrogen (secondary N) is 1. The number of rotatable bonds is 6. The van der Waals surface area contributed by atoms with Gasteiger partial charge in [0.25, 0.3) is 5.56 Å². The number of hydrogen-bond donors (Lipinski definition) is 6. The molecule has 2 rings (SSSR count). The number of aromatic nitrogens is 2. The molecule has 2 heterocycles. The summed E-state index contributed by atoms with van der Waals surface area (Å²) >= 11 is 4.03. The Kier molecular flexibility index (Phi) is 6.14. The SMILES string of the molecule is O=c1ccn([C@@H]2O[C@H](COP(=O)(O)OP(O)(O)=S)[C@@H](O)[C@H]2O)c(=O)[nH]1. The van der Waals surface area contributed by atoms with E-state index >= 15 is 0 Å². The molecule has 1 aromatic heterocycles. The summed E-state index contributed by atoms with van der Waals surface area (Å²) in [4.78, 5) is 51.6. The summed E-state index contributed by atoms with van der Waals surface area (Å²) in [6.45, 7) is -5.29. The van der Waals surface area contributed by atoms with Gasteiger partial charge < -0.3 is 29.6 Å². The molecule has 1 saturated heterocycles. The van der Waals surface area contributed by atoms with Gasteiger partial charge in [0.2, 0.25) is 0 Å². The fourth-order valence-corrected chi connectivity index (χ4v) is 4.41. The van der Waals surface area contributed by atoms with E-state index in [0.29, 0.717) is 0 Å². The summed E-state index contributed by atoms with van der Waals surface area (Å²) in [6.07, 6.45) is -5.02. The molecular weight excluding hydrogens is 406 g/mol. The van der Waals surface area contributed by atoms with Crippen molar-refractivity contribution in [1.82, 2.24) is 9.55 Å². The van der Waals surface area contributed by atoms with Gasteiger partial charge in [-0.25, -0.2) is 13.7 Å². The Morgan fingerprint density at radius 3 is 2.48 bits per heavy atom. The van der Waals surface area contributed by atoms with E-state index in [4.69, 9.17) is 14.5 Å². The van der Waals surface area contributed by atoms with E-state index in [2.05, 4.69) is 20.6 Å². The summed E-state index contributed by atoms with van der Waals surface area (Å²) in [7, 11) is -4.96. The van der Waals surface area contributed by atoms with E-state index in [1.165, 1.54) is 0 Å². The van der Waals surface area contributed by atoms with Crippen LogP contribution >= 0.6 is 14.5 Å². The number of aromatic amines is 1. The highest BCUT2D eigenvalue weighted by Gasteiger charge is 2.45. The van der Waals surface area contributed by atoms with Crippen molar-refractivity contribution in [2.45, 2.75) is 24.5 Å². The molecule has 1 fully saturated rings. The highest BCUT2D eigenvalue weighted by Crippen LogP contribution is 2.57. The number of nitrogens with zero attached hydrogens (tertiary/aromatic N) is 1. The predicted octanol–water partition coefficient (Wildman–Crippen LogP) is -2.50. The van der Waals surface area contributed by atoms with Crippen LogP contribution in [0.3, 0.4) is 0 Å². The third kappa shape index (κ3) is 5.36. The Bertz CT molecular complexity index is 833. The molecular formula is C9H14N2O11P2S. The van der Waals surface area contributed by atoms with Crippen LogP contribution < -0.4 is 11.2 Å². The minimum atomic E-state index is -4.96. The summed E-state index contributed by atoms with van der Waals surface area (Å²) in [6, 6.07) is 0.985. The molecule has 1 aromatic rings.